The second kappa shape index (κ2) is 8.28. The number of hydrogen-bond donors (Lipinski definition) is 1. The molecule has 0 unspecified atom stereocenters. The van der Waals surface area contributed by atoms with Crippen LogP contribution in [0.2, 0.25) is 0 Å². The van der Waals surface area contributed by atoms with E-state index in [9.17, 15) is 5.11 Å². The molecule has 1 heterocycles. The first kappa shape index (κ1) is 19.6. The number of benzene rings is 2. The second-order valence-electron chi connectivity index (χ2n) is 7.49. The first-order chi connectivity index (χ1) is 12.6. The zero-order valence-electron chi connectivity index (χ0n) is 15.6. The van der Waals surface area contributed by atoms with Crippen LogP contribution in [0.4, 0.5) is 0 Å². The minimum Gasteiger partial charge on any atom is -0.493 e. The maximum atomic E-state index is 10.0. The smallest absolute Gasteiger partial charge is 0.232 e. The molecule has 0 aliphatic heterocycles. The van der Waals surface area contributed by atoms with Crippen LogP contribution < -0.4 is 4.74 Å². The molecule has 2 atom stereocenters. The normalized spacial score (nSPS) is 19.4. The summed E-state index contributed by atoms with van der Waals surface area (Å²) in [5.41, 5.74) is 0.913. The molecule has 3 aromatic rings. The van der Waals surface area contributed by atoms with E-state index in [2.05, 4.69) is 42.2 Å². The van der Waals surface area contributed by atoms with E-state index in [1.807, 2.05) is 18.2 Å². The summed E-state index contributed by atoms with van der Waals surface area (Å²) in [6.45, 7) is 4.98. The summed E-state index contributed by atoms with van der Waals surface area (Å²) in [4.78, 5) is 4.52. The molecule has 0 spiro atoms. The molecule has 144 valence electrons. The Labute approximate surface area is 165 Å². The summed E-state index contributed by atoms with van der Waals surface area (Å²) in [5.74, 6) is 2.47. The highest BCUT2D eigenvalue weighted by Gasteiger charge is 2.31. The Bertz CT molecular complexity index is 909. The van der Waals surface area contributed by atoms with Crippen molar-refractivity contribution in [2.75, 3.05) is 6.61 Å². The van der Waals surface area contributed by atoms with Crippen molar-refractivity contribution >= 4 is 23.2 Å². The minimum absolute atomic E-state index is 0. The molecule has 1 aliphatic rings. The fourth-order valence-corrected chi connectivity index (χ4v) is 3.45. The van der Waals surface area contributed by atoms with E-state index in [1.54, 1.807) is 0 Å². The Morgan fingerprint density at radius 3 is 2.67 bits per heavy atom. The van der Waals surface area contributed by atoms with E-state index >= 15 is 0 Å². The average Bonchev–Trinajstić information content (AvgIpc) is 3.28. The SMILES string of the molecule is CC(C)COc1ccc2cc(-c3noc([C@H]4CCC[C@@H]4O)n3)ccc2c1.Cl. The predicted molar refractivity (Wildman–Crippen MR) is 107 cm³/mol. The third-order valence-corrected chi connectivity index (χ3v) is 4.89. The molecule has 0 radical (unpaired) electrons. The molecule has 1 aromatic heterocycles. The number of ether oxygens (including phenoxy) is 1. The summed E-state index contributed by atoms with van der Waals surface area (Å²) in [5, 5.41) is 16.4. The van der Waals surface area contributed by atoms with Gasteiger partial charge in [0.2, 0.25) is 11.7 Å². The van der Waals surface area contributed by atoms with Gasteiger partial charge in [-0.05, 0) is 54.2 Å². The van der Waals surface area contributed by atoms with Crippen molar-refractivity contribution in [2.45, 2.75) is 45.1 Å². The molecule has 0 saturated heterocycles. The highest BCUT2D eigenvalue weighted by Crippen LogP contribution is 2.34. The van der Waals surface area contributed by atoms with Crippen molar-refractivity contribution in [2.24, 2.45) is 5.92 Å². The fourth-order valence-electron chi connectivity index (χ4n) is 3.45. The number of halogens is 1. The van der Waals surface area contributed by atoms with Gasteiger partial charge >= 0.3 is 0 Å². The molecular weight excluding hydrogens is 364 g/mol. The van der Waals surface area contributed by atoms with Crippen LogP contribution >= 0.6 is 12.4 Å². The van der Waals surface area contributed by atoms with Crippen LogP contribution in [0.1, 0.15) is 44.9 Å². The van der Waals surface area contributed by atoms with Gasteiger partial charge in [-0.2, -0.15) is 4.98 Å². The lowest BCUT2D eigenvalue weighted by Crippen LogP contribution is -2.11. The number of nitrogens with zero attached hydrogens (tertiary/aromatic N) is 2. The average molecular weight is 389 g/mol. The molecule has 6 heteroatoms. The topological polar surface area (TPSA) is 68.4 Å². The standard InChI is InChI=1S/C21H24N2O3.ClH/c1-13(2)12-25-17-9-8-14-10-16(7-6-15(14)11-17)20-22-21(26-23-20)18-4-3-5-19(18)24;/h6-11,13,18-19,24H,3-5,12H2,1-2H3;1H/t18-,19-;/m0./s1. The van der Waals surface area contributed by atoms with Crippen molar-refractivity contribution in [1.29, 1.82) is 0 Å². The second-order valence-corrected chi connectivity index (χ2v) is 7.49. The van der Waals surface area contributed by atoms with Gasteiger partial charge in [0.25, 0.3) is 0 Å². The Morgan fingerprint density at radius 1 is 1.15 bits per heavy atom. The van der Waals surface area contributed by atoms with Crippen LogP contribution in [0, 0.1) is 5.92 Å². The zero-order valence-corrected chi connectivity index (χ0v) is 16.4. The van der Waals surface area contributed by atoms with Gasteiger partial charge in [0.1, 0.15) is 5.75 Å². The number of aliphatic hydroxyl groups is 1. The number of aliphatic hydroxyl groups excluding tert-OH is 1. The highest BCUT2D eigenvalue weighted by molar-refractivity contribution is 5.87. The summed E-state index contributed by atoms with van der Waals surface area (Å²) in [6, 6.07) is 12.2. The van der Waals surface area contributed by atoms with E-state index in [0.717, 1.165) is 41.3 Å². The summed E-state index contributed by atoms with van der Waals surface area (Å²) in [7, 11) is 0. The van der Waals surface area contributed by atoms with E-state index in [-0.39, 0.29) is 24.4 Å². The Kier molecular flexibility index (Phi) is 6.02. The van der Waals surface area contributed by atoms with E-state index in [1.165, 1.54) is 0 Å². The highest BCUT2D eigenvalue weighted by atomic mass is 35.5. The molecule has 5 nitrogen and oxygen atoms in total. The van der Waals surface area contributed by atoms with Gasteiger partial charge < -0.3 is 14.4 Å². The van der Waals surface area contributed by atoms with Crippen molar-refractivity contribution < 1.29 is 14.4 Å². The fraction of sp³-hybridized carbons (Fsp3) is 0.429. The van der Waals surface area contributed by atoms with Crippen molar-refractivity contribution in [3.63, 3.8) is 0 Å². The lowest BCUT2D eigenvalue weighted by atomic mass is 10.1. The molecule has 1 aliphatic carbocycles. The molecule has 2 aromatic carbocycles. The zero-order chi connectivity index (χ0) is 18.1. The summed E-state index contributed by atoms with van der Waals surface area (Å²) in [6.07, 6.45) is 2.34. The van der Waals surface area contributed by atoms with Crippen molar-refractivity contribution in [3.05, 3.63) is 42.3 Å². The lowest BCUT2D eigenvalue weighted by molar-refractivity contribution is 0.148. The Balaban J connectivity index is 0.00000210. The maximum Gasteiger partial charge on any atom is 0.232 e. The monoisotopic (exact) mass is 388 g/mol. The van der Waals surface area contributed by atoms with Crippen LogP contribution in [0.15, 0.2) is 40.9 Å². The van der Waals surface area contributed by atoms with Crippen LogP contribution in [0.25, 0.3) is 22.2 Å². The third kappa shape index (κ3) is 4.25. The molecule has 1 N–H and O–H groups in total. The van der Waals surface area contributed by atoms with Gasteiger partial charge in [0, 0.05) is 5.56 Å². The molecule has 27 heavy (non-hydrogen) atoms. The maximum absolute atomic E-state index is 10.0. The number of hydrogen-bond acceptors (Lipinski definition) is 5. The molecule has 0 amide bonds. The van der Waals surface area contributed by atoms with E-state index in [4.69, 9.17) is 9.26 Å². The molecular formula is C21H25ClN2O3. The first-order valence-corrected chi connectivity index (χ1v) is 9.29. The molecule has 1 saturated carbocycles. The van der Waals surface area contributed by atoms with Crippen LogP contribution in [-0.2, 0) is 0 Å². The molecule has 4 rings (SSSR count). The van der Waals surface area contributed by atoms with Gasteiger partial charge in [-0.25, -0.2) is 0 Å². The molecule has 0 bridgehead atoms. The molecule has 1 fully saturated rings. The minimum atomic E-state index is -0.371. The van der Waals surface area contributed by atoms with Crippen molar-refractivity contribution in [3.8, 4) is 17.1 Å². The van der Waals surface area contributed by atoms with E-state index in [0.29, 0.717) is 24.2 Å². The van der Waals surface area contributed by atoms with Crippen molar-refractivity contribution in [1.82, 2.24) is 10.1 Å². The van der Waals surface area contributed by atoms with Gasteiger partial charge in [-0.1, -0.05) is 37.2 Å². The number of rotatable bonds is 5. The summed E-state index contributed by atoms with van der Waals surface area (Å²) >= 11 is 0. The Morgan fingerprint density at radius 2 is 1.93 bits per heavy atom. The van der Waals surface area contributed by atoms with Crippen LogP contribution in [0.5, 0.6) is 5.75 Å². The van der Waals surface area contributed by atoms with Gasteiger partial charge in [0.05, 0.1) is 18.6 Å². The van der Waals surface area contributed by atoms with Gasteiger partial charge in [-0.15, -0.1) is 12.4 Å². The summed E-state index contributed by atoms with van der Waals surface area (Å²) < 4.78 is 11.2. The van der Waals surface area contributed by atoms with Crippen LogP contribution in [0.3, 0.4) is 0 Å². The number of fused-ring (bicyclic) bond motifs is 1. The first-order valence-electron chi connectivity index (χ1n) is 9.29. The predicted octanol–water partition coefficient (Wildman–Crippen LogP) is 4.97. The third-order valence-electron chi connectivity index (χ3n) is 4.89. The van der Waals surface area contributed by atoms with Crippen LogP contribution in [-0.4, -0.2) is 28.0 Å². The van der Waals surface area contributed by atoms with E-state index < -0.39 is 0 Å². The Hall–Kier alpha value is -2.11. The van der Waals surface area contributed by atoms with Gasteiger partial charge in [-0.3, -0.25) is 0 Å². The number of aromatic nitrogens is 2. The lowest BCUT2D eigenvalue weighted by Gasteiger charge is -2.09. The van der Waals surface area contributed by atoms with Gasteiger partial charge in [0.15, 0.2) is 0 Å². The largest absolute Gasteiger partial charge is 0.493 e. The quantitative estimate of drug-likeness (QED) is 0.667.